The van der Waals surface area contributed by atoms with Crippen molar-refractivity contribution in [3.63, 3.8) is 0 Å². The lowest BCUT2D eigenvalue weighted by Crippen LogP contribution is -2.31. The van der Waals surface area contributed by atoms with E-state index in [9.17, 15) is 13.6 Å². The van der Waals surface area contributed by atoms with Gasteiger partial charge in [-0.2, -0.15) is 18.7 Å². The Kier molecular flexibility index (Phi) is 14.4. The maximum Gasteiger partial charge on any atom is 0.409 e. The van der Waals surface area contributed by atoms with Gasteiger partial charge in [-0.15, -0.1) is 0 Å². The second-order valence-electron chi connectivity index (χ2n) is 12.2. The van der Waals surface area contributed by atoms with Crippen molar-refractivity contribution in [2.45, 2.75) is 64.3 Å². The van der Waals surface area contributed by atoms with E-state index in [1.165, 1.54) is 24.8 Å². The number of rotatable bonds is 14. The Morgan fingerprint density at radius 2 is 1.10 bits per heavy atom. The molecule has 0 saturated carbocycles. The van der Waals surface area contributed by atoms with Gasteiger partial charge in [0.15, 0.2) is 11.3 Å². The number of H-pyrrole nitrogens is 2. The molecule has 4 aromatic heterocycles. The Balaban J connectivity index is 0.000000203. The van der Waals surface area contributed by atoms with Gasteiger partial charge in [-0.05, 0) is 104 Å². The summed E-state index contributed by atoms with van der Waals surface area (Å²) in [4.78, 5) is 36.1. The van der Waals surface area contributed by atoms with Gasteiger partial charge in [0.25, 0.3) is 0 Å². The van der Waals surface area contributed by atoms with Crippen molar-refractivity contribution in [2.24, 2.45) is 0 Å². The molecule has 0 atom stereocenters. The topological polar surface area (TPSA) is 113 Å². The highest BCUT2D eigenvalue weighted by Crippen LogP contribution is 2.22. The molecule has 0 spiro atoms. The predicted molar refractivity (Wildman–Crippen MR) is 202 cm³/mol. The van der Waals surface area contributed by atoms with Gasteiger partial charge in [0, 0.05) is 46.0 Å². The molecule has 0 aliphatic carbocycles. The number of aromatic nitrogens is 6. The van der Waals surface area contributed by atoms with E-state index in [4.69, 9.17) is 51.1 Å². The number of aryl methyl sites for hydroxylation is 3. The summed E-state index contributed by atoms with van der Waals surface area (Å²) >= 11 is 24.1. The van der Waals surface area contributed by atoms with Crippen molar-refractivity contribution < 1.29 is 18.3 Å². The number of methoxy groups -OCH3 is 1. The number of hydrogen-bond acceptors (Lipinski definition) is 6. The Morgan fingerprint density at radius 3 is 1.60 bits per heavy atom. The van der Waals surface area contributed by atoms with Crippen molar-refractivity contribution in [1.82, 2.24) is 34.8 Å². The van der Waals surface area contributed by atoms with Crippen LogP contribution in [0.4, 0.5) is 13.6 Å². The van der Waals surface area contributed by atoms with Crippen molar-refractivity contribution in [3.05, 3.63) is 115 Å². The second-order valence-corrected chi connectivity index (χ2v) is 13.9. The fourth-order valence-electron chi connectivity index (χ4n) is 5.69. The van der Waals surface area contributed by atoms with Crippen LogP contribution in [0, 0.1) is 11.9 Å². The summed E-state index contributed by atoms with van der Waals surface area (Å²) in [6.45, 7) is 0.852. The van der Waals surface area contributed by atoms with E-state index in [2.05, 4.69) is 29.9 Å². The number of carbonyl (C=O) groups excluding carboxylic acids is 1. The lowest BCUT2D eigenvalue weighted by molar-refractivity contribution is 0.120. The van der Waals surface area contributed by atoms with E-state index in [0.29, 0.717) is 56.4 Å². The smallest absolute Gasteiger partial charge is 0.409 e. The first-order chi connectivity index (χ1) is 25.0. The summed E-state index contributed by atoms with van der Waals surface area (Å²) in [5.74, 6) is 0.547. The predicted octanol–water partition coefficient (Wildman–Crippen LogP) is 10.7. The summed E-state index contributed by atoms with van der Waals surface area (Å²) in [6, 6.07) is 16.8. The van der Waals surface area contributed by atoms with Crippen LogP contribution in [0.25, 0.3) is 22.3 Å². The standard InChI is InChI=1S/C19H19Cl2FN4O2.C18H18Cl2FN3/c1-28-19(27)26(11-12-8-13(20)10-14(21)9-12)7-3-2-4-17-23-15-5-6-16(22)24-18(15)25-17;19-13-9-12(10-14(20)11-13)5-3-1-2-4-6-17-22-15-7-8-16(21)23-18(15)24-17/h5-6,8-10H,2-4,7,11H2,1H3,(H,23,24,25);7-11H,1-6H2,(H,22,23,24). The van der Waals surface area contributed by atoms with Gasteiger partial charge >= 0.3 is 6.09 Å². The molecule has 6 aromatic rings. The molecule has 15 heteroatoms. The number of aromatic amines is 2. The quantitative estimate of drug-likeness (QED) is 0.0839. The Morgan fingerprint density at radius 1 is 0.635 bits per heavy atom. The van der Waals surface area contributed by atoms with Gasteiger partial charge in [0.1, 0.15) is 11.6 Å². The van der Waals surface area contributed by atoms with Crippen LogP contribution >= 0.6 is 46.4 Å². The number of hydrogen-bond donors (Lipinski definition) is 2. The maximum atomic E-state index is 13.1. The summed E-state index contributed by atoms with van der Waals surface area (Å²) in [6.07, 6.45) is 7.99. The molecule has 6 rings (SSSR count). The number of benzene rings is 2. The molecule has 2 aromatic carbocycles. The van der Waals surface area contributed by atoms with E-state index in [1.54, 1.807) is 41.3 Å². The number of nitrogens with one attached hydrogen (secondary N) is 2. The molecule has 274 valence electrons. The first-order valence-corrected chi connectivity index (χ1v) is 18.3. The molecule has 52 heavy (non-hydrogen) atoms. The van der Waals surface area contributed by atoms with Gasteiger partial charge in [0.05, 0.1) is 18.1 Å². The van der Waals surface area contributed by atoms with Crippen LogP contribution in [0.5, 0.6) is 0 Å². The zero-order valence-corrected chi connectivity index (χ0v) is 31.4. The minimum Gasteiger partial charge on any atom is -0.453 e. The number of amides is 1. The number of unbranched alkanes of at least 4 members (excludes halogenated alkanes) is 4. The first kappa shape index (κ1) is 39.2. The third kappa shape index (κ3) is 12.0. The third-order valence-corrected chi connectivity index (χ3v) is 8.97. The van der Waals surface area contributed by atoms with Gasteiger partial charge < -0.3 is 19.6 Å². The van der Waals surface area contributed by atoms with E-state index in [-0.39, 0.29) is 0 Å². The molecule has 0 fully saturated rings. The number of pyridine rings is 2. The molecule has 0 aliphatic heterocycles. The molecule has 2 N–H and O–H groups in total. The number of carbonyl (C=O) groups is 1. The van der Waals surface area contributed by atoms with Crippen molar-refractivity contribution in [2.75, 3.05) is 13.7 Å². The molecule has 0 unspecified atom stereocenters. The zero-order valence-electron chi connectivity index (χ0n) is 28.4. The Hall–Kier alpha value is -4.03. The van der Waals surface area contributed by atoms with Crippen molar-refractivity contribution in [3.8, 4) is 0 Å². The highest BCUT2D eigenvalue weighted by molar-refractivity contribution is 6.35. The van der Waals surface area contributed by atoms with E-state index < -0.39 is 18.0 Å². The van der Waals surface area contributed by atoms with Crippen LogP contribution in [0.3, 0.4) is 0 Å². The molecule has 4 heterocycles. The van der Waals surface area contributed by atoms with Gasteiger partial charge in [-0.1, -0.05) is 59.2 Å². The van der Waals surface area contributed by atoms with Gasteiger partial charge in [-0.3, -0.25) is 0 Å². The SMILES string of the molecule is COC(=O)N(CCCCc1nc2nc(F)ccc2[nH]1)Cc1cc(Cl)cc(Cl)c1.Fc1ccc2[nH]c(CCCCCCc3cc(Cl)cc(Cl)c3)nc2n1. The van der Waals surface area contributed by atoms with Crippen molar-refractivity contribution in [1.29, 1.82) is 0 Å². The lowest BCUT2D eigenvalue weighted by Gasteiger charge is -2.21. The van der Waals surface area contributed by atoms with Gasteiger partial charge in [-0.25, -0.2) is 14.8 Å². The maximum absolute atomic E-state index is 13.1. The van der Waals surface area contributed by atoms with Gasteiger partial charge in [0.2, 0.25) is 11.9 Å². The zero-order chi connectivity index (χ0) is 37.0. The van der Waals surface area contributed by atoms with Crippen LogP contribution in [0.1, 0.15) is 61.3 Å². The first-order valence-electron chi connectivity index (χ1n) is 16.8. The van der Waals surface area contributed by atoms with Crippen LogP contribution in [0.15, 0.2) is 60.7 Å². The third-order valence-electron chi connectivity index (χ3n) is 8.09. The number of ether oxygens (including phenoxy) is 1. The average Bonchev–Trinajstić information content (AvgIpc) is 3.69. The Labute approximate surface area is 320 Å². The van der Waals surface area contributed by atoms with Crippen LogP contribution in [0.2, 0.25) is 20.1 Å². The number of nitrogens with zero attached hydrogens (tertiary/aromatic N) is 5. The highest BCUT2D eigenvalue weighted by Gasteiger charge is 2.15. The second kappa shape index (κ2) is 19.2. The lowest BCUT2D eigenvalue weighted by atomic mass is 10.1. The molecule has 9 nitrogen and oxygen atoms in total. The minimum atomic E-state index is -0.555. The summed E-state index contributed by atoms with van der Waals surface area (Å²) in [5.41, 5.74) is 4.30. The number of imidazole rings is 2. The number of fused-ring (bicyclic) bond motifs is 2. The molecular formula is C37H37Cl4F2N7O2. The molecule has 1 amide bonds. The van der Waals surface area contributed by atoms with E-state index in [1.807, 2.05) is 12.1 Å². The monoisotopic (exact) mass is 789 g/mol. The van der Waals surface area contributed by atoms with E-state index in [0.717, 1.165) is 74.1 Å². The minimum absolute atomic E-state index is 0.348. The van der Waals surface area contributed by atoms with Crippen molar-refractivity contribution >= 4 is 74.8 Å². The summed E-state index contributed by atoms with van der Waals surface area (Å²) in [5, 5.41) is 2.41. The fourth-order valence-corrected chi connectivity index (χ4v) is 6.83. The van der Waals surface area contributed by atoms with Crippen LogP contribution < -0.4 is 0 Å². The Bertz CT molecular complexity index is 2070. The van der Waals surface area contributed by atoms with E-state index >= 15 is 0 Å². The molecule has 0 radical (unpaired) electrons. The summed E-state index contributed by atoms with van der Waals surface area (Å²) in [7, 11) is 1.35. The molecule has 0 aliphatic rings. The van der Waals surface area contributed by atoms with Crippen LogP contribution in [-0.4, -0.2) is 54.6 Å². The largest absolute Gasteiger partial charge is 0.453 e. The highest BCUT2D eigenvalue weighted by atomic mass is 35.5. The van der Waals surface area contributed by atoms with Crippen LogP contribution in [-0.2, 0) is 30.5 Å². The summed E-state index contributed by atoms with van der Waals surface area (Å²) < 4.78 is 31.1. The molecule has 0 saturated heterocycles. The average molecular weight is 792 g/mol. The number of halogens is 6. The fraction of sp³-hybridized carbons (Fsp3) is 0.324. The molecular weight excluding hydrogens is 754 g/mol. The molecule has 0 bridgehead atoms. The normalized spacial score (nSPS) is 11.1.